The summed E-state index contributed by atoms with van der Waals surface area (Å²) in [6.45, 7) is 2.20. The second-order valence-corrected chi connectivity index (χ2v) is 8.42. The van der Waals surface area contributed by atoms with E-state index in [2.05, 4.69) is 93.2 Å². The number of rotatable bonds is 6. The van der Waals surface area contributed by atoms with Gasteiger partial charge in [-0.25, -0.2) is 0 Å². The molecular weight excluding hydrogens is 428 g/mol. The molecule has 0 amide bonds. The number of aromatic nitrogens is 4. The lowest BCUT2D eigenvalue weighted by Crippen LogP contribution is -1.95. The number of H-pyrrole nitrogens is 2. The first-order valence-corrected chi connectivity index (χ1v) is 11.5. The molecule has 162 valence electrons. The fraction of sp³-hybridized carbons (Fsp3) is 0.0741. The van der Waals surface area contributed by atoms with Crippen molar-refractivity contribution in [3.63, 3.8) is 0 Å². The summed E-state index contributed by atoms with van der Waals surface area (Å²) in [5, 5.41) is 8.31. The minimum Gasteiger partial charge on any atom is -0.296 e. The van der Waals surface area contributed by atoms with E-state index in [1.165, 1.54) is 16.7 Å². The lowest BCUT2D eigenvalue weighted by molar-refractivity contribution is 1.12. The summed E-state index contributed by atoms with van der Waals surface area (Å²) in [6, 6.07) is 25.5. The Morgan fingerprint density at radius 1 is 0.939 bits per heavy atom. The fourth-order valence-electron chi connectivity index (χ4n) is 4.03. The predicted molar refractivity (Wildman–Crippen MR) is 137 cm³/mol. The van der Waals surface area contributed by atoms with E-state index in [4.69, 9.17) is 0 Å². The van der Waals surface area contributed by atoms with Crippen molar-refractivity contribution in [2.45, 2.75) is 13.3 Å². The van der Waals surface area contributed by atoms with Crippen molar-refractivity contribution in [2.24, 2.45) is 0 Å². The molecule has 0 atom stereocenters. The van der Waals surface area contributed by atoms with Crippen LogP contribution < -0.4 is 4.87 Å². The van der Waals surface area contributed by atoms with Crippen LogP contribution in [0.5, 0.6) is 0 Å². The minimum absolute atomic E-state index is 0.151. The molecule has 0 aliphatic carbocycles. The lowest BCUT2D eigenvalue weighted by atomic mass is 9.87. The van der Waals surface area contributed by atoms with Gasteiger partial charge in [-0.2, -0.15) is 9.47 Å². The molecule has 0 fully saturated rings. The molecule has 0 bridgehead atoms. The molecule has 2 heterocycles. The van der Waals surface area contributed by atoms with E-state index in [-0.39, 0.29) is 4.87 Å². The molecule has 0 unspecified atom stereocenters. The maximum Gasteiger partial charge on any atom is 0.323 e. The normalized spacial score (nSPS) is 12.4. The third kappa shape index (κ3) is 4.47. The number of aromatic amines is 2. The van der Waals surface area contributed by atoms with Gasteiger partial charge in [0.05, 0.1) is 11.7 Å². The lowest BCUT2D eigenvalue weighted by Gasteiger charge is -2.16. The largest absolute Gasteiger partial charge is 0.323 e. The van der Waals surface area contributed by atoms with E-state index in [0.29, 0.717) is 5.82 Å². The summed E-state index contributed by atoms with van der Waals surface area (Å²) in [4.78, 5) is 13.8. The van der Waals surface area contributed by atoms with Gasteiger partial charge in [0, 0.05) is 16.9 Å². The van der Waals surface area contributed by atoms with Crippen LogP contribution in [0.2, 0.25) is 0 Å². The van der Waals surface area contributed by atoms with Crippen LogP contribution in [0.25, 0.3) is 34.2 Å². The number of hydrogen-bond acceptors (Lipinski definition) is 4. The number of nitrogens with one attached hydrogen (secondary N) is 2. The molecule has 2 N–H and O–H groups in total. The summed E-state index contributed by atoms with van der Waals surface area (Å²) >= 11 is 0.923. The van der Waals surface area contributed by atoms with Crippen LogP contribution in [0.1, 0.15) is 41.4 Å². The van der Waals surface area contributed by atoms with Crippen LogP contribution in [0.4, 0.5) is 0 Å². The summed E-state index contributed by atoms with van der Waals surface area (Å²) in [7, 11) is 0. The predicted octanol–water partition coefficient (Wildman–Crippen LogP) is 6.25. The zero-order valence-corrected chi connectivity index (χ0v) is 18.9. The highest BCUT2D eigenvalue weighted by Gasteiger charge is 2.14. The monoisotopic (exact) mass is 450 g/mol. The molecule has 0 aliphatic heterocycles. The van der Waals surface area contributed by atoms with Crippen molar-refractivity contribution < 1.29 is 0 Å². The smallest absolute Gasteiger partial charge is 0.296 e. The molecule has 5 aromatic rings. The van der Waals surface area contributed by atoms with Gasteiger partial charge < -0.3 is 0 Å². The Labute approximate surface area is 195 Å². The van der Waals surface area contributed by atoms with Gasteiger partial charge in [0.25, 0.3) is 0 Å². The van der Waals surface area contributed by atoms with Gasteiger partial charge >= 0.3 is 4.87 Å². The van der Waals surface area contributed by atoms with Gasteiger partial charge in [-0.15, -0.1) is 0 Å². The third-order valence-corrected chi connectivity index (χ3v) is 6.15. The van der Waals surface area contributed by atoms with Crippen molar-refractivity contribution in [3.8, 4) is 0 Å². The summed E-state index contributed by atoms with van der Waals surface area (Å²) < 4.78 is 4.08. The Hall–Kier alpha value is -4.03. The van der Waals surface area contributed by atoms with E-state index in [1.807, 2.05) is 24.4 Å². The summed E-state index contributed by atoms with van der Waals surface area (Å²) in [6.07, 6.45) is 6.54. The van der Waals surface area contributed by atoms with E-state index < -0.39 is 0 Å². The van der Waals surface area contributed by atoms with Crippen LogP contribution >= 0.6 is 11.5 Å². The van der Waals surface area contributed by atoms with Gasteiger partial charge in [-0.1, -0.05) is 73.7 Å². The average molecular weight is 451 g/mol. The van der Waals surface area contributed by atoms with Gasteiger partial charge in [-0.3, -0.25) is 14.9 Å². The molecule has 3 aromatic carbocycles. The standard InChI is InChI=1S/C27H22N4OS/c1-2-23(19-6-4-3-5-7-19)26(21-13-14-24-22(16-21)17-28-30-24)20-11-8-18(9-12-20)10-15-25-29-27(32)33-31-25/h3-17H,2H2,1H3,(H,28,30)(H,29,31,32)/b15-10+,26-23+. The zero-order chi connectivity index (χ0) is 22.6. The molecule has 6 heteroatoms. The van der Waals surface area contributed by atoms with Crippen LogP contribution in [-0.4, -0.2) is 19.6 Å². The molecule has 5 nitrogen and oxygen atoms in total. The maximum absolute atomic E-state index is 11.3. The molecule has 5 rings (SSSR count). The first kappa shape index (κ1) is 20.8. The van der Waals surface area contributed by atoms with Crippen LogP contribution in [0, 0.1) is 0 Å². The zero-order valence-electron chi connectivity index (χ0n) is 18.1. The van der Waals surface area contributed by atoms with Crippen LogP contribution in [0.3, 0.4) is 0 Å². The van der Waals surface area contributed by atoms with Gasteiger partial charge in [-0.05, 0) is 58.0 Å². The van der Waals surface area contributed by atoms with Crippen molar-refractivity contribution in [1.82, 2.24) is 19.6 Å². The third-order valence-electron chi connectivity index (χ3n) is 5.60. The number of fused-ring (bicyclic) bond motifs is 1. The Morgan fingerprint density at radius 3 is 2.45 bits per heavy atom. The van der Waals surface area contributed by atoms with Crippen molar-refractivity contribution in [3.05, 3.63) is 117 Å². The topological polar surface area (TPSA) is 74.4 Å². The molecule has 2 aromatic heterocycles. The summed E-state index contributed by atoms with van der Waals surface area (Å²) in [5.74, 6) is 0.570. The second-order valence-electron chi connectivity index (χ2n) is 7.68. The maximum atomic E-state index is 11.3. The molecule has 0 aliphatic rings. The molecule has 0 saturated heterocycles. The molecule has 33 heavy (non-hydrogen) atoms. The van der Waals surface area contributed by atoms with Gasteiger partial charge in [0.15, 0.2) is 0 Å². The fourth-order valence-corrected chi connectivity index (χ4v) is 4.46. The highest BCUT2D eigenvalue weighted by molar-refractivity contribution is 7.02. The van der Waals surface area contributed by atoms with E-state index in [9.17, 15) is 4.79 Å². The molecule has 0 spiro atoms. The summed E-state index contributed by atoms with van der Waals surface area (Å²) in [5.41, 5.74) is 8.10. The molecule has 0 radical (unpaired) electrons. The molecular formula is C27H22N4OS. The Bertz CT molecular complexity index is 1510. The van der Waals surface area contributed by atoms with Gasteiger partial charge in [0.2, 0.25) is 0 Å². The number of nitrogens with zero attached hydrogens (tertiary/aromatic N) is 2. The van der Waals surface area contributed by atoms with Crippen molar-refractivity contribution >= 4 is 45.7 Å². The van der Waals surface area contributed by atoms with Gasteiger partial charge in [0.1, 0.15) is 5.82 Å². The first-order valence-electron chi connectivity index (χ1n) is 10.8. The number of allylic oxidation sites excluding steroid dienone is 1. The van der Waals surface area contributed by atoms with Crippen LogP contribution in [-0.2, 0) is 0 Å². The van der Waals surface area contributed by atoms with Crippen molar-refractivity contribution in [1.29, 1.82) is 0 Å². The highest BCUT2D eigenvalue weighted by atomic mass is 32.1. The van der Waals surface area contributed by atoms with E-state index >= 15 is 0 Å². The Kier molecular flexibility index (Phi) is 5.83. The van der Waals surface area contributed by atoms with E-state index in [0.717, 1.165) is 45.5 Å². The Balaban J connectivity index is 1.60. The first-order chi connectivity index (χ1) is 16.2. The van der Waals surface area contributed by atoms with Crippen LogP contribution in [0.15, 0.2) is 83.8 Å². The number of benzene rings is 3. The Morgan fingerprint density at radius 2 is 1.73 bits per heavy atom. The minimum atomic E-state index is -0.151. The highest BCUT2D eigenvalue weighted by Crippen LogP contribution is 2.35. The SMILES string of the molecule is CC/C(=C(/c1ccc(/C=C/c2nsc(=O)[nH]2)cc1)c1ccc2[nH]ncc2c1)c1ccccc1. The number of hydrogen-bond donors (Lipinski definition) is 2. The molecule has 0 saturated carbocycles. The quantitative estimate of drug-likeness (QED) is 0.300. The second kappa shape index (κ2) is 9.22. The van der Waals surface area contributed by atoms with Crippen molar-refractivity contribution in [2.75, 3.05) is 0 Å². The average Bonchev–Trinajstić information content (AvgIpc) is 3.50. The van der Waals surface area contributed by atoms with E-state index in [1.54, 1.807) is 0 Å².